The SMILES string of the molecule is CC[C@@H](C)NS(=O)(=O)c1ccc(C(=O)NCCNc2ccc([N+](=O)[O-])cc2)cc1. The Balaban J connectivity index is 1.84. The maximum atomic E-state index is 12.2. The largest absolute Gasteiger partial charge is 0.383 e. The molecule has 0 aliphatic carbocycles. The van der Waals surface area contributed by atoms with E-state index in [0.29, 0.717) is 30.8 Å². The van der Waals surface area contributed by atoms with E-state index in [4.69, 9.17) is 0 Å². The quantitative estimate of drug-likeness (QED) is 0.308. The fraction of sp³-hybridized carbons (Fsp3) is 0.316. The zero-order valence-electron chi connectivity index (χ0n) is 16.2. The first-order chi connectivity index (χ1) is 13.7. The minimum Gasteiger partial charge on any atom is -0.383 e. The van der Waals surface area contributed by atoms with Gasteiger partial charge in [-0.25, -0.2) is 13.1 Å². The molecule has 1 amide bonds. The van der Waals surface area contributed by atoms with Crippen LogP contribution in [0.3, 0.4) is 0 Å². The van der Waals surface area contributed by atoms with Crippen LogP contribution in [0.15, 0.2) is 53.4 Å². The number of rotatable bonds is 10. The average Bonchev–Trinajstić information content (AvgIpc) is 2.71. The highest BCUT2D eigenvalue weighted by atomic mass is 32.2. The van der Waals surface area contributed by atoms with Crippen molar-refractivity contribution in [3.05, 3.63) is 64.2 Å². The molecule has 10 heteroatoms. The number of carbonyl (C=O) groups is 1. The molecule has 156 valence electrons. The highest BCUT2D eigenvalue weighted by Crippen LogP contribution is 2.15. The summed E-state index contributed by atoms with van der Waals surface area (Å²) in [4.78, 5) is 22.4. The molecule has 0 saturated carbocycles. The average molecular weight is 420 g/mol. The Morgan fingerprint density at radius 1 is 1.07 bits per heavy atom. The molecule has 0 aliphatic heterocycles. The number of carbonyl (C=O) groups excluding carboxylic acids is 1. The van der Waals surface area contributed by atoms with Crippen molar-refractivity contribution in [1.82, 2.24) is 10.0 Å². The van der Waals surface area contributed by atoms with Crippen LogP contribution in [-0.2, 0) is 10.0 Å². The standard InChI is InChI=1S/C19H24N4O5S/c1-3-14(2)22-29(27,28)18-10-4-15(5-11-18)19(24)21-13-12-20-16-6-8-17(9-7-16)23(25)26/h4-11,14,20,22H,3,12-13H2,1-2H3,(H,21,24)/t14-/m1/s1. The van der Waals surface area contributed by atoms with Crippen LogP contribution in [0.1, 0.15) is 30.6 Å². The van der Waals surface area contributed by atoms with E-state index in [1.54, 1.807) is 19.1 Å². The van der Waals surface area contributed by atoms with E-state index in [0.717, 1.165) is 0 Å². The second-order valence-corrected chi connectivity index (χ2v) is 8.16. The maximum absolute atomic E-state index is 12.2. The molecule has 0 fully saturated rings. The van der Waals surface area contributed by atoms with Gasteiger partial charge in [0.15, 0.2) is 0 Å². The van der Waals surface area contributed by atoms with Gasteiger partial charge in [0.25, 0.3) is 11.6 Å². The van der Waals surface area contributed by atoms with Gasteiger partial charge in [-0.05, 0) is 49.7 Å². The fourth-order valence-corrected chi connectivity index (χ4v) is 3.71. The summed E-state index contributed by atoms with van der Waals surface area (Å²) in [6, 6.07) is 11.5. The normalized spacial score (nSPS) is 12.2. The molecule has 0 radical (unpaired) electrons. The lowest BCUT2D eigenvalue weighted by molar-refractivity contribution is -0.384. The molecule has 29 heavy (non-hydrogen) atoms. The topological polar surface area (TPSA) is 130 Å². The van der Waals surface area contributed by atoms with Gasteiger partial charge in [-0.15, -0.1) is 0 Å². The van der Waals surface area contributed by atoms with Crippen molar-refractivity contribution in [2.24, 2.45) is 0 Å². The van der Waals surface area contributed by atoms with Crippen molar-refractivity contribution in [1.29, 1.82) is 0 Å². The van der Waals surface area contributed by atoms with Gasteiger partial charge < -0.3 is 10.6 Å². The van der Waals surface area contributed by atoms with Crippen LogP contribution in [0.25, 0.3) is 0 Å². The van der Waals surface area contributed by atoms with Gasteiger partial charge in [-0.2, -0.15) is 0 Å². The first kappa shape index (κ1) is 22.3. The first-order valence-electron chi connectivity index (χ1n) is 9.12. The summed E-state index contributed by atoms with van der Waals surface area (Å²) >= 11 is 0. The number of nitrogens with one attached hydrogen (secondary N) is 3. The van der Waals surface area contributed by atoms with Crippen molar-refractivity contribution in [2.75, 3.05) is 18.4 Å². The summed E-state index contributed by atoms with van der Waals surface area (Å²) in [7, 11) is -3.61. The molecule has 0 bridgehead atoms. The molecule has 0 unspecified atom stereocenters. The van der Waals surface area contributed by atoms with Crippen LogP contribution in [0.2, 0.25) is 0 Å². The molecule has 0 saturated heterocycles. The summed E-state index contributed by atoms with van der Waals surface area (Å²) in [6.45, 7) is 4.42. The molecule has 2 aromatic carbocycles. The summed E-state index contributed by atoms with van der Waals surface area (Å²) in [5.41, 5.74) is 1.06. The number of nitrogens with zero attached hydrogens (tertiary/aromatic N) is 1. The molecular formula is C19H24N4O5S. The summed E-state index contributed by atoms with van der Waals surface area (Å²) in [6.07, 6.45) is 0.674. The second-order valence-electron chi connectivity index (χ2n) is 6.44. The van der Waals surface area contributed by atoms with Crippen LogP contribution in [0.4, 0.5) is 11.4 Å². The number of hydrogen-bond donors (Lipinski definition) is 3. The summed E-state index contributed by atoms with van der Waals surface area (Å²) in [5.74, 6) is -0.325. The molecule has 0 spiro atoms. The Morgan fingerprint density at radius 3 is 2.24 bits per heavy atom. The smallest absolute Gasteiger partial charge is 0.269 e. The zero-order valence-corrected chi connectivity index (χ0v) is 17.0. The molecule has 1 atom stereocenters. The number of amides is 1. The van der Waals surface area contributed by atoms with E-state index < -0.39 is 14.9 Å². The van der Waals surface area contributed by atoms with Gasteiger partial charge >= 0.3 is 0 Å². The summed E-state index contributed by atoms with van der Waals surface area (Å²) < 4.78 is 27.0. The van der Waals surface area contributed by atoms with E-state index in [9.17, 15) is 23.3 Å². The predicted molar refractivity (Wildman–Crippen MR) is 110 cm³/mol. The molecule has 2 aromatic rings. The molecular weight excluding hydrogens is 396 g/mol. The molecule has 2 rings (SSSR count). The van der Waals surface area contributed by atoms with Crippen LogP contribution in [-0.4, -0.2) is 38.4 Å². The highest BCUT2D eigenvalue weighted by molar-refractivity contribution is 7.89. The van der Waals surface area contributed by atoms with E-state index in [-0.39, 0.29) is 22.5 Å². The number of nitro benzene ring substituents is 1. The molecule has 9 nitrogen and oxygen atoms in total. The van der Waals surface area contributed by atoms with Gasteiger partial charge in [-0.3, -0.25) is 14.9 Å². The molecule has 0 aromatic heterocycles. The van der Waals surface area contributed by atoms with E-state index in [1.807, 2.05) is 6.92 Å². The van der Waals surface area contributed by atoms with Crippen molar-refractivity contribution < 1.29 is 18.1 Å². The lowest BCUT2D eigenvalue weighted by Gasteiger charge is -2.12. The van der Waals surface area contributed by atoms with Crippen molar-refractivity contribution in [3.8, 4) is 0 Å². The second kappa shape index (κ2) is 9.99. The predicted octanol–water partition coefficient (Wildman–Crippen LogP) is 2.51. The van der Waals surface area contributed by atoms with Gasteiger partial charge in [0.2, 0.25) is 10.0 Å². The lowest BCUT2D eigenvalue weighted by Crippen LogP contribution is -2.32. The Bertz CT molecular complexity index is 944. The Labute approximate surface area is 169 Å². The van der Waals surface area contributed by atoms with Gasteiger partial charge in [0.1, 0.15) is 0 Å². The third kappa shape index (κ3) is 6.54. The van der Waals surface area contributed by atoms with Crippen LogP contribution < -0.4 is 15.4 Å². The van der Waals surface area contributed by atoms with Gasteiger partial charge in [-0.1, -0.05) is 6.92 Å². The zero-order chi connectivity index (χ0) is 21.4. The first-order valence-corrected chi connectivity index (χ1v) is 10.6. The number of nitro groups is 1. The van der Waals surface area contributed by atoms with E-state index >= 15 is 0 Å². The number of anilines is 1. The monoisotopic (exact) mass is 420 g/mol. The summed E-state index contributed by atoms with van der Waals surface area (Å²) in [5, 5.41) is 16.4. The van der Waals surface area contributed by atoms with Crippen LogP contribution >= 0.6 is 0 Å². The van der Waals surface area contributed by atoms with Gasteiger partial charge in [0.05, 0.1) is 9.82 Å². The van der Waals surface area contributed by atoms with Crippen LogP contribution in [0.5, 0.6) is 0 Å². The Kier molecular flexibility index (Phi) is 7.68. The number of non-ortho nitro benzene ring substituents is 1. The fourth-order valence-electron chi connectivity index (χ4n) is 2.39. The number of benzene rings is 2. The van der Waals surface area contributed by atoms with Crippen molar-refractivity contribution in [2.45, 2.75) is 31.2 Å². The number of hydrogen-bond acceptors (Lipinski definition) is 6. The lowest BCUT2D eigenvalue weighted by atomic mass is 10.2. The Hall–Kier alpha value is -2.98. The third-order valence-corrected chi connectivity index (χ3v) is 5.82. The van der Waals surface area contributed by atoms with E-state index in [1.165, 1.54) is 36.4 Å². The Morgan fingerprint density at radius 2 is 1.69 bits per heavy atom. The van der Waals surface area contributed by atoms with Crippen LogP contribution in [0, 0.1) is 10.1 Å². The van der Waals surface area contributed by atoms with Crippen molar-refractivity contribution >= 4 is 27.3 Å². The number of sulfonamides is 1. The van der Waals surface area contributed by atoms with Gasteiger partial charge in [0, 0.05) is 42.5 Å². The van der Waals surface area contributed by atoms with Crippen molar-refractivity contribution in [3.63, 3.8) is 0 Å². The molecule has 0 heterocycles. The highest BCUT2D eigenvalue weighted by Gasteiger charge is 2.17. The minimum atomic E-state index is -3.61. The third-order valence-electron chi connectivity index (χ3n) is 4.21. The maximum Gasteiger partial charge on any atom is 0.269 e. The van der Waals surface area contributed by atoms with E-state index in [2.05, 4.69) is 15.4 Å². The molecule has 0 aliphatic rings. The molecule has 3 N–H and O–H groups in total. The minimum absolute atomic E-state index is 0.00802.